The minimum atomic E-state index is 0. The van der Waals surface area contributed by atoms with Gasteiger partial charge in [-0.15, -0.1) is 24.0 Å². The lowest BCUT2D eigenvalue weighted by Crippen LogP contribution is -2.48. The molecule has 164 valence electrons. The van der Waals surface area contributed by atoms with Gasteiger partial charge in [0.25, 0.3) is 0 Å². The normalized spacial score (nSPS) is 19.2. The van der Waals surface area contributed by atoms with Crippen LogP contribution in [0.15, 0.2) is 48.0 Å². The van der Waals surface area contributed by atoms with Crippen molar-refractivity contribution < 1.29 is 4.79 Å². The lowest BCUT2D eigenvalue weighted by Gasteiger charge is -2.39. The summed E-state index contributed by atoms with van der Waals surface area (Å²) in [5.74, 6) is 1.56. The molecule has 1 aromatic carbocycles. The number of aromatic nitrogens is 2. The molecule has 1 aliphatic heterocycles. The Morgan fingerprint density at radius 3 is 2.90 bits per heavy atom. The third-order valence-corrected chi connectivity index (χ3v) is 5.48. The zero-order chi connectivity index (χ0) is 20.6. The standard InChI is InChI=1S/C22H32N6O.HI/c1-4-6-21(29)26-19-8-5-7-18(13-19)14-25-22(23-3)27-11-9-17(2)20(15-27)28-12-10-24-16-28;/h5,7-8,10,12-13,16-17,20H,4,6,9,11,14-15H2,1-3H3,(H,23,25)(H,26,29);1H. The number of aliphatic imine (C=N–C) groups is 1. The predicted octanol–water partition coefficient (Wildman–Crippen LogP) is 3.90. The average molecular weight is 524 g/mol. The van der Waals surface area contributed by atoms with Crippen molar-refractivity contribution in [2.24, 2.45) is 10.9 Å². The Labute approximate surface area is 196 Å². The van der Waals surface area contributed by atoms with E-state index in [1.165, 1.54) is 0 Å². The molecule has 2 atom stereocenters. The summed E-state index contributed by atoms with van der Waals surface area (Å²) >= 11 is 0. The van der Waals surface area contributed by atoms with Gasteiger partial charge < -0.3 is 20.1 Å². The molecule has 2 heterocycles. The molecule has 7 nitrogen and oxygen atoms in total. The lowest BCUT2D eigenvalue weighted by atomic mass is 9.93. The van der Waals surface area contributed by atoms with Crippen molar-refractivity contribution in [3.63, 3.8) is 0 Å². The summed E-state index contributed by atoms with van der Waals surface area (Å²) in [6.45, 7) is 6.86. The smallest absolute Gasteiger partial charge is 0.224 e. The van der Waals surface area contributed by atoms with Crippen molar-refractivity contribution in [1.82, 2.24) is 19.8 Å². The van der Waals surface area contributed by atoms with Crippen LogP contribution in [0.5, 0.6) is 0 Å². The summed E-state index contributed by atoms with van der Waals surface area (Å²) in [6.07, 6.45) is 8.28. The summed E-state index contributed by atoms with van der Waals surface area (Å²) in [5, 5.41) is 6.44. The fraction of sp³-hybridized carbons (Fsp3) is 0.500. The number of carbonyl (C=O) groups is 1. The largest absolute Gasteiger partial charge is 0.352 e. The molecule has 2 N–H and O–H groups in total. The Morgan fingerprint density at radius 2 is 2.20 bits per heavy atom. The van der Waals surface area contributed by atoms with Crippen LogP contribution in [-0.2, 0) is 11.3 Å². The molecule has 1 amide bonds. The number of hydrogen-bond donors (Lipinski definition) is 2. The monoisotopic (exact) mass is 524 g/mol. The number of amides is 1. The molecule has 0 bridgehead atoms. The van der Waals surface area contributed by atoms with Crippen molar-refractivity contribution in [1.29, 1.82) is 0 Å². The SMILES string of the molecule is CCCC(=O)Nc1cccc(CNC(=NC)N2CCC(C)C(n3ccnc3)C2)c1.I. The van der Waals surface area contributed by atoms with Crippen LogP contribution in [-0.4, -0.2) is 46.5 Å². The number of hydrogen-bond acceptors (Lipinski definition) is 3. The molecule has 1 aliphatic rings. The minimum absolute atomic E-state index is 0. The fourth-order valence-electron chi connectivity index (χ4n) is 3.82. The third kappa shape index (κ3) is 6.45. The highest BCUT2D eigenvalue weighted by Gasteiger charge is 2.28. The highest BCUT2D eigenvalue weighted by Crippen LogP contribution is 2.27. The maximum Gasteiger partial charge on any atom is 0.224 e. The third-order valence-electron chi connectivity index (χ3n) is 5.48. The van der Waals surface area contributed by atoms with Crippen molar-refractivity contribution >= 4 is 41.5 Å². The zero-order valence-electron chi connectivity index (χ0n) is 18.0. The number of anilines is 1. The predicted molar refractivity (Wildman–Crippen MR) is 132 cm³/mol. The maximum atomic E-state index is 11.8. The number of guanidine groups is 1. The van der Waals surface area contributed by atoms with Gasteiger partial charge in [0, 0.05) is 51.2 Å². The van der Waals surface area contributed by atoms with Crippen LogP contribution in [0.1, 0.15) is 44.7 Å². The van der Waals surface area contributed by atoms with Gasteiger partial charge in [0.15, 0.2) is 5.96 Å². The van der Waals surface area contributed by atoms with Gasteiger partial charge in [-0.25, -0.2) is 4.98 Å². The van der Waals surface area contributed by atoms with Crippen LogP contribution in [0.25, 0.3) is 0 Å². The van der Waals surface area contributed by atoms with E-state index in [4.69, 9.17) is 0 Å². The molecule has 30 heavy (non-hydrogen) atoms. The van der Waals surface area contributed by atoms with Crippen molar-refractivity contribution in [3.05, 3.63) is 48.5 Å². The number of piperidine rings is 1. The van der Waals surface area contributed by atoms with E-state index in [0.717, 1.165) is 43.1 Å². The number of benzene rings is 1. The van der Waals surface area contributed by atoms with Gasteiger partial charge in [-0.05, 0) is 36.5 Å². The summed E-state index contributed by atoms with van der Waals surface area (Å²) in [7, 11) is 1.83. The van der Waals surface area contributed by atoms with Gasteiger partial charge in [-0.3, -0.25) is 9.79 Å². The molecule has 0 saturated carbocycles. The Morgan fingerprint density at radius 1 is 1.37 bits per heavy atom. The number of imidazole rings is 1. The summed E-state index contributed by atoms with van der Waals surface area (Å²) in [5.41, 5.74) is 1.95. The second kappa shape index (κ2) is 11.9. The highest BCUT2D eigenvalue weighted by molar-refractivity contribution is 14.0. The molecule has 1 fully saturated rings. The lowest BCUT2D eigenvalue weighted by molar-refractivity contribution is -0.116. The second-order valence-electron chi connectivity index (χ2n) is 7.69. The number of likely N-dealkylation sites (tertiary alicyclic amines) is 1. The van der Waals surface area contributed by atoms with E-state index in [1.807, 2.05) is 50.9 Å². The van der Waals surface area contributed by atoms with E-state index >= 15 is 0 Å². The number of carbonyl (C=O) groups excluding carboxylic acids is 1. The zero-order valence-corrected chi connectivity index (χ0v) is 20.4. The van der Waals surface area contributed by atoms with Crippen molar-refractivity contribution in [2.75, 3.05) is 25.5 Å². The first-order chi connectivity index (χ1) is 14.1. The molecule has 1 aromatic heterocycles. The van der Waals surface area contributed by atoms with Crippen LogP contribution >= 0.6 is 24.0 Å². The van der Waals surface area contributed by atoms with Gasteiger partial charge in [0.05, 0.1) is 12.4 Å². The van der Waals surface area contributed by atoms with Crippen LogP contribution in [0.2, 0.25) is 0 Å². The molecular weight excluding hydrogens is 491 g/mol. The maximum absolute atomic E-state index is 11.8. The van der Waals surface area contributed by atoms with Crippen LogP contribution < -0.4 is 10.6 Å². The Kier molecular flexibility index (Phi) is 9.61. The highest BCUT2D eigenvalue weighted by atomic mass is 127. The average Bonchev–Trinajstić information content (AvgIpc) is 3.24. The molecule has 8 heteroatoms. The number of nitrogens with one attached hydrogen (secondary N) is 2. The molecule has 0 spiro atoms. The van der Waals surface area contributed by atoms with Gasteiger partial charge in [-0.1, -0.05) is 26.0 Å². The van der Waals surface area contributed by atoms with Crippen molar-refractivity contribution in [3.8, 4) is 0 Å². The Balaban J connectivity index is 0.00000320. The summed E-state index contributed by atoms with van der Waals surface area (Å²) in [4.78, 5) is 22.9. The quantitative estimate of drug-likeness (QED) is 0.342. The van der Waals surface area contributed by atoms with Crippen LogP contribution in [0.3, 0.4) is 0 Å². The first-order valence-electron chi connectivity index (χ1n) is 10.4. The molecule has 0 radical (unpaired) electrons. The van der Waals surface area contributed by atoms with Crippen LogP contribution in [0.4, 0.5) is 5.69 Å². The molecular formula is C22H33IN6O. The van der Waals surface area contributed by atoms with E-state index in [0.29, 0.717) is 24.9 Å². The Bertz CT molecular complexity index is 823. The Hall–Kier alpha value is -2.10. The molecule has 0 aliphatic carbocycles. The van der Waals surface area contributed by atoms with Gasteiger partial charge in [-0.2, -0.15) is 0 Å². The second-order valence-corrected chi connectivity index (χ2v) is 7.69. The van der Waals surface area contributed by atoms with E-state index in [9.17, 15) is 4.79 Å². The number of rotatable bonds is 6. The molecule has 2 aromatic rings. The first-order valence-corrected chi connectivity index (χ1v) is 10.4. The first kappa shape index (κ1) is 24.2. The van der Waals surface area contributed by atoms with Crippen LogP contribution in [0, 0.1) is 5.92 Å². The minimum Gasteiger partial charge on any atom is -0.352 e. The summed E-state index contributed by atoms with van der Waals surface area (Å²) in [6, 6.07) is 8.36. The van der Waals surface area contributed by atoms with E-state index in [1.54, 1.807) is 0 Å². The summed E-state index contributed by atoms with van der Waals surface area (Å²) < 4.78 is 2.20. The van der Waals surface area contributed by atoms with Gasteiger partial charge in [0.2, 0.25) is 5.91 Å². The van der Waals surface area contributed by atoms with E-state index in [2.05, 4.69) is 43.1 Å². The number of nitrogens with zero attached hydrogens (tertiary/aromatic N) is 4. The van der Waals surface area contributed by atoms with Gasteiger partial charge >= 0.3 is 0 Å². The molecule has 1 saturated heterocycles. The van der Waals surface area contributed by atoms with Crippen molar-refractivity contribution in [2.45, 2.75) is 45.7 Å². The van der Waals surface area contributed by atoms with Gasteiger partial charge in [0.1, 0.15) is 0 Å². The molecule has 2 unspecified atom stereocenters. The fourth-order valence-corrected chi connectivity index (χ4v) is 3.82. The van der Waals surface area contributed by atoms with E-state index in [-0.39, 0.29) is 29.9 Å². The number of halogens is 1. The molecule has 3 rings (SSSR count). The topological polar surface area (TPSA) is 74.6 Å². The van der Waals surface area contributed by atoms with E-state index < -0.39 is 0 Å².